The van der Waals surface area contributed by atoms with Crippen LogP contribution < -0.4 is 5.32 Å². The number of rotatable bonds is 6. The lowest BCUT2D eigenvalue weighted by atomic mass is 10.3. The van der Waals surface area contributed by atoms with Crippen LogP contribution in [0.3, 0.4) is 0 Å². The summed E-state index contributed by atoms with van der Waals surface area (Å²) in [5.74, 6) is -0.343. The molecule has 1 aromatic heterocycles. The summed E-state index contributed by atoms with van der Waals surface area (Å²) in [6.07, 6.45) is 2.33. The fraction of sp³-hybridized carbons (Fsp3) is 0.500. The van der Waals surface area contributed by atoms with Gasteiger partial charge in [0.25, 0.3) is 5.91 Å². The van der Waals surface area contributed by atoms with Crippen molar-refractivity contribution < 1.29 is 9.59 Å². The average Bonchev–Trinajstić information content (AvgIpc) is 2.65. The minimum Gasteiger partial charge on any atom is -0.351 e. The molecular formula is C10H13Cl2N3O2. The van der Waals surface area contributed by atoms with E-state index in [2.05, 4.69) is 10.4 Å². The van der Waals surface area contributed by atoms with Gasteiger partial charge >= 0.3 is 0 Å². The molecule has 0 radical (unpaired) electrons. The van der Waals surface area contributed by atoms with Crippen molar-refractivity contribution in [2.45, 2.75) is 26.3 Å². The fourth-order valence-electron chi connectivity index (χ4n) is 1.23. The van der Waals surface area contributed by atoms with Crippen molar-refractivity contribution >= 4 is 34.4 Å². The number of halogens is 2. The highest BCUT2D eigenvalue weighted by atomic mass is 35.5. The van der Waals surface area contributed by atoms with Crippen LogP contribution in [0.25, 0.3) is 0 Å². The summed E-state index contributed by atoms with van der Waals surface area (Å²) in [5, 5.41) is 6.55. The van der Waals surface area contributed by atoms with Gasteiger partial charge in [-0.15, -0.1) is 0 Å². The smallest absolute Gasteiger partial charge is 0.273 e. The minimum atomic E-state index is -0.410. The van der Waals surface area contributed by atoms with Crippen LogP contribution in [-0.4, -0.2) is 27.5 Å². The Morgan fingerprint density at radius 1 is 1.53 bits per heavy atom. The SMILES string of the molecule is CCn1cc(Cl)c(C(=O)NCCCC(=O)Cl)n1. The summed E-state index contributed by atoms with van der Waals surface area (Å²) in [6, 6.07) is 0. The lowest BCUT2D eigenvalue weighted by molar-refractivity contribution is -0.111. The Bertz CT molecular complexity index is 418. The zero-order valence-electron chi connectivity index (χ0n) is 9.37. The van der Waals surface area contributed by atoms with Gasteiger partial charge in [0.1, 0.15) is 0 Å². The summed E-state index contributed by atoms with van der Waals surface area (Å²) >= 11 is 11.0. The molecule has 0 saturated heterocycles. The molecular weight excluding hydrogens is 265 g/mol. The zero-order chi connectivity index (χ0) is 12.8. The van der Waals surface area contributed by atoms with Gasteiger partial charge in [-0.25, -0.2) is 0 Å². The molecule has 1 amide bonds. The zero-order valence-corrected chi connectivity index (χ0v) is 10.9. The van der Waals surface area contributed by atoms with Gasteiger partial charge < -0.3 is 5.32 Å². The van der Waals surface area contributed by atoms with E-state index < -0.39 is 5.24 Å². The second kappa shape index (κ2) is 6.61. The molecule has 5 nitrogen and oxygen atoms in total. The number of aromatic nitrogens is 2. The van der Waals surface area contributed by atoms with E-state index in [-0.39, 0.29) is 18.0 Å². The highest BCUT2D eigenvalue weighted by molar-refractivity contribution is 6.63. The average molecular weight is 278 g/mol. The summed E-state index contributed by atoms with van der Waals surface area (Å²) in [4.78, 5) is 22.1. The second-order valence-corrected chi connectivity index (χ2v) is 4.22. The molecule has 17 heavy (non-hydrogen) atoms. The lowest BCUT2D eigenvalue weighted by Crippen LogP contribution is -2.25. The Hall–Kier alpha value is -1.07. The molecule has 0 saturated carbocycles. The van der Waals surface area contributed by atoms with Gasteiger partial charge in [-0.3, -0.25) is 14.3 Å². The van der Waals surface area contributed by atoms with Crippen LogP contribution in [-0.2, 0) is 11.3 Å². The molecule has 0 aromatic carbocycles. The van der Waals surface area contributed by atoms with Gasteiger partial charge in [0.15, 0.2) is 5.69 Å². The molecule has 7 heteroatoms. The molecule has 0 aliphatic rings. The number of carbonyl (C=O) groups excluding carboxylic acids is 2. The van der Waals surface area contributed by atoms with Crippen molar-refractivity contribution in [1.29, 1.82) is 0 Å². The van der Waals surface area contributed by atoms with E-state index >= 15 is 0 Å². The Morgan fingerprint density at radius 3 is 2.76 bits per heavy atom. The van der Waals surface area contributed by atoms with Crippen molar-refractivity contribution in [2.75, 3.05) is 6.54 Å². The van der Waals surface area contributed by atoms with Gasteiger partial charge in [-0.1, -0.05) is 11.6 Å². The first-order valence-corrected chi connectivity index (χ1v) is 5.99. The Kier molecular flexibility index (Phi) is 5.44. The predicted octanol–water partition coefficient (Wildman–Crippen LogP) is 1.83. The number of aryl methyl sites for hydroxylation is 1. The van der Waals surface area contributed by atoms with E-state index in [1.165, 1.54) is 0 Å². The summed E-state index contributed by atoms with van der Waals surface area (Å²) in [7, 11) is 0. The Morgan fingerprint density at radius 2 is 2.24 bits per heavy atom. The van der Waals surface area contributed by atoms with Gasteiger partial charge in [0.05, 0.1) is 5.02 Å². The third-order valence-corrected chi connectivity index (χ3v) is 2.56. The normalized spacial score (nSPS) is 10.3. The third kappa shape index (κ3) is 4.36. The quantitative estimate of drug-likeness (QED) is 0.637. The summed E-state index contributed by atoms with van der Waals surface area (Å²) in [6.45, 7) is 2.91. The van der Waals surface area contributed by atoms with Crippen molar-refractivity contribution in [3.05, 3.63) is 16.9 Å². The first kappa shape index (κ1) is 14.0. The van der Waals surface area contributed by atoms with Crippen molar-refractivity contribution in [3.8, 4) is 0 Å². The van der Waals surface area contributed by atoms with Gasteiger partial charge in [-0.05, 0) is 24.9 Å². The standard InChI is InChI=1S/C10H13Cl2N3O2/c1-2-15-6-7(11)9(14-15)10(17)13-5-3-4-8(12)16/h6H,2-5H2,1H3,(H,13,17). The third-order valence-electron chi connectivity index (χ3n) is 2.09. The minimum absolute atomic E-state index is 0.200. The molecule has 94 valence electrons. The molecule has 0 unspecified atom stereocenters. The summed E-state index contributed by atoms with van der Waals surface area (Å²) in [5.41, 5.74) is 0.200. The Labute approximate surface area is 109 Å². The second-order valence-electron chi connectivity index (χ2n) is 3.40. The molecule has 1 aromatic rings. The van der Waals surface area contributed by atoms with Crippen molar-refractivity contribution in [3.63, 3.8) is 0 Å². The fourth-order valence-corrected chi connectivity index (χ4v) is 1.60. The van der Waals surface area contributed by atoms with Crippen LogP contribution in [0.15, 0.2) is 6.20 Å². The number of hydrogen-bond donors (Lipinski definition) is 1. The van der Waals surface area contributed by atoms with Crippen LogP contribution in [0.2, 0.25) is 5.02 Å². The first-order valence-electron chi connectivity index (χ1n) is 5.24. The van der Waals surface area contributed by atoms with E-state index in [9.17, 15) is 9.59 Å². The lowest BCUT2D eigenvalue weighted by Gasteiger charge is -2.01. The van der Waals surface area contributed by atoms with Gasteiger partial charge in [0.2, 0.25) is 5.24 Å². The van der Waals surface area contributed by atoms with E-state index in [4.69, 9.17) is 23.2 Å². The first-order chi connectivity index (χ1) is 8.04. The molecule has 0 spiro atoms. The number of amides is 1. The number of hydrogen-bond acceptors (Lipinski definition) is 3. The molecule has 1 N–H and O–H groups in total. The Balaban J connectivity index is 2.46. The highest BCUT2D eigenvalue weighted by Gasteiger charge is 2.14. The van der Waals surface area contributed by atoms with E-state index in [0.717, 1.165) is 0 Å². The van der Waals surface area contributed by atoms with E-state index in [1.807, 2.05) is 6.92 Å². The predicted molar refractivity (Wildman–Crippen MR) is 65.3 cm³/mol. The summed E-state index contributed by atoms with van der Waals surface area (Å²) < 4.78 is 1.58. The molecule has 0 fully saturated rings. The molecule has 1 rings (SSSR count). The van der Waals surface area contributed by atoms with Crippen molar-refractivity contribution in [1.82, 2.24) is 15.1 Å². The largest absolute Gasteiger partial charge is 0.351 e. The topological polar surface area (TPSA) is 64.0 Å². The van der Waals surface area contributed by atoms with E-state index in [0.29, 0.717) is 24.5 Å². The van der Waals surface area contributed by atoms with Crippen LogP contribution >= 0.6 is 23.2 Å². The monoisotopic (exact) mass is 277 g/mol. The molecule has 0 aliphatic carbocycles. The van der Waals surface area contributed by atoms with Crippen LogP contribution in [0.1, 0.15) is 30.3 Å². The molecule has 0 bridgehead atoms. The highest BCUT2D eigenvalue weighted by Crippen LogP contribution is 2.13. The van der Waals surface area contributed by atoms with Crippen LogP contribution in [0.4, 0.5) is 0 Å². The number of nitrogens with one attached hydrogen (secondary N) is 1. The molecule has 1 heterocycles. The van der Waals surface area contributed by atoms with Gasteiger partial charge in [0, 0.05) is 25.7 Å². The van der Waals surface area contributed by atoms with Crippen LogP contribution in [0.5, 0.6) is 0 Å². The maximum Gasteiger partial charge on any atom is 0.273 e. The maximum atomic E-state index is 11.7. The number of nitrogens with zero attached hydrogens (tertiary/aromatic N) is 2. The maximum absolute atomic E-state index is 11.7. The molecule has 0 atom stereocenters. The van der Waals surface area contributed by atoms with E-state index in [1.54, 1.807) is 10.9 Å². The van der Waals surface area contributed by atoms with Crippen molar-refractivity contribution in [2.24, 2.45) is 0 Å². The van der Waals surface area contributed by atoms with Gasteiger partial charge in [-0.2, -0.15) is 5.10 Å². The van der Waals surface area contributed by atoms with Crippen LogP contribution in [0, 0.1) is 0 Å². The molecule has 0 aliphatic heterocycles. The number of carbonyl (C=O) groups is 2.